The second kappa shape index (κ2) is 5.66. The van der Waals surface area contributed by atoms with E-state index in [2.05, 4.69) is 65.8 Å². The van der Waals surface area contributed by atoms with Gasteiger partial charge in [-0.15, -0.1) is 11.3 Å². The Bertz CT molecular complexity index is 289. The quantitative estimate of drug-likeness (QED) is 0.810. The number of hydrogen-bond donors (Lipinski definition) is 1. The van der Waals surface area contributed by atoms with Crippen molar-refractivity contribution in [3.63, 3.8) is 0 Å². The van der Waals surface area contributed by atoms with E-state index in [1.165, 1.54) is 4.88 Å². The highest BCUT2D eigenvalue weighted by Gasteiger charge is 2.02. The monoisotopic (exact) mass is 387 g/mol. The molecule has 0 amide bonds. The normalized spacial score (nSPS) is 10.4. The molecule has 0 atom stereocenters. The molecule has 0 aromatic carbocycles. The number of hydrogen-bond acceptors (Lipinski definition) is 2. The molecular formula is C8H8Br3NS. The summed E-state index contributed by atoms with van der Waals surface area (Å²) in [7, 11) is 0. The van der Waals surface area contributed by atoms with E-state index in [4.69, 9.17) is 0 Å². The van der Waals surface area contributed by atoms with Crippen molar-refractivity contribution in [3.05, 3.63) is 30.3 Å². The zero-order chi connectivity index (χ0) is 9.84. The van der Waals surface area contributed by atoms with Crippen molar-refractivity contribution in [3.8, 4) is 0 Å². The topological polar surface area (TPSA) is 12.0 Å². The largest absolute Gasteiger partial charge is 0.307 e. The van der Waals surface area contributed by atoms with E-state index in [0.717, 1.165) is 25.8 Å². The third-order valence-electron chi connectivity index (χ3n) is 1.31. The molecule has 0 aliphatic heterocycles. The Kier molecular flexibility index (Phi) is 5.18. The highest BCUT2D eigenvalue weighted by atomic mass is 79.9. The molecule has 1 rings (SSSR count). The molecule has 0 saturated heterocycles. The standard InChI is InChI=1S/C8H8Br3NS/c1-5(9)3-12-4-6-2-7(10)8(11)13-6/h2,12H,1,3-4H2. The maximum absolute atomic E-state index is 3.75. The third kappa shape index (κ3) is 4.25. The molecule has 1 aromatic rings. The fraction of sp³-hybridized carbons (Fsp3) is 0.250. The molecule has 1 N–H and O–H groups in total. The summed E-state index contributed by atoms with van der Waals surface area (Å²) in [5.41, 5.74) is 0. The lowest BCUT2D eigenvalue weighted by Crippen LogP contribution is -2.13. The van der Waals surface area contributed by atoms with Gasteiger partial charge in [-0.1, -0.05) is 22.5 Å². The molecule has 0 radical (unpaired) electrons. The average molecular weight is 390 g/mol. The summed E-state index contributed by atoms with van der Waals surface area (Å²) in [4.78, 5) is 1.30. The summed E-state index contributed by atoms with van der Waals surface area (Å²) in [6.07, 6.45) is 0. The molecule has 0 fully saturated rings. The van der Waals surface area contributed by atoms with Crippen molar-refractivity contribution in [2.75, 3.05) is 6.54 Å². The van der Waals surface area contributed by atoms with Gasteiger partial charge in [0.1, 0.15) is 0 Å². The molecule has 72 valence electrons. The van der Waals surface area contributed by atoms with Crippen molar-refractivity contribution in [2.45, 2.75) is 6.54 Å². The van der Waals surface area contributed by atoms with Crippen LogP contribution in [0, 0.1) is 0 Å². The van der Waals surface area contributed by atoms with Gasteiger partial charge in [-0.2, -0.15) is 0 Å². The highest BCUT2D eigenvalue weighted by Crippen LogP contribution is 2.32. The van der Waals surface area contributed by atoms with E-state index in [9.17, 15) is 0 Å². The van der Waals surface area contributed by atoms with Gasteiger partial charge in [-0.3, -0.25) is 0 Å². The van der Waals surface area contributed by atoms with Gasteiger partial charge >= 0.3 is 0 Å². The van der Waals surface area contributed by atoms with E-state index >= 15 is 0 Å². The van der Waals surface area contributed by atoms with Crippen molar-refractivity contribution in [2.24, 2.45) is 0 Å². The summed E-state index contributed by atoms with van der Waals surface area (Å²) < 4.78 is 3.23. The predicted molar refractivity (Wildman–Crippen MR) is 69.5 cm³/mol. The molecule has 0 unspecified atom stereocenters. The van der Waals surface area contributed by atoms with Crippen LogP contribution in [0.25, 0.3) is 0 Å². The third-order valence-corrected chi connectivity index (χ3v) is 4.85. The van der Waals surface area contributed by atoms with Gasteiger partial charge in [0.25, 0.3) is 0 Å². The van der Waals surface area contributed by atoms with Crippen LogP contribution < -0.4 is 5.32 Å². The van der Waals surface area contributed by atoms with Crippen molar-refractivity contribution in [1.82, 2.24) is 5.32 Å². The fourth-order valence-corrected chi connectivity index (χ4v) is 3.14. The Morgan fingerprint density at radius 2 is 2.23 bits per heavy atom. The van der Waals surface area contributed by atoms with Crippen LogP contribution in [0.5, 0.6) is 0 Å². The first-order chi connectivity index (χ1) is 6.09. The van der Waals surface area contributed by atoms with Gasteiger partial charge in [-0.25, -0.2) is 0 Å². The Labute approximate surface area is 107 Å². The number of thiophene rings is 1. The zero-order valence-corrected chi connectivity index (χ0v) is 12.3. The highest BCUT2D eigenvalue weighted by molar-refractivity contribution is 9.13. The van der Waals surface area contributed by atoms with Crippen LogP contribution in [0.3, 0.4) is 0 Å². The van der Waals surface area contributed by atoms with Gasteiger partial charge in [-0.05, 0) is 37.9 Å². The molecule has 1 nitrogen and oxygen atoms in total. The second-order valence-corrected chi connectivity index (χ2v) is 6.89. The van der Waals surface area contributed by atoms with Gasteiger partial charge in [0.15, 0.2) is 0 Å². The van der Waals surface area contributed by atoms with Crippen LogP contribution in [0.4, 0.5) is 0 Å². The van der Waals surface area contributed by atoms with E-state index in [1.807, 2.05) is 0 Å². The number of rotatable bonds is 4. The van der Waals surface area contributed by atoms with Crippen molar-refractivity contribution >= 4 is 59.1 Å². The van der Waals surface area contributed by atoms with E-state index < -0.39 is 0 Å². The van der Waals surface area contributed by atoms with Crippen molar-refractivity contribution in [1.29, 1.82) is 0 Å². The zero-order valence-electron chi connectivity index (χ0n) is 6.74. The SMILES string of the molecule is C=C(Br)CNCc1cc(Br)c(Br)s1. The molecule has 1 heterocycles. The van der Waals surface area contributed by atoms with Crippen LogP contribution in [0.1, 0.15) is 4.88 Å². The molecule has 0 aliphatic carbocycles. The summed E-state index contributed by atoms with van der Waals surface area (Å²) in [5, 5.41) is 3.26. The number of halogens is 3. The van der Waals surface area contributed by atoms with Gasteiger partial charge in [0, 0.05) is 26.9 Å². The number of nitrogens with one attached hydrogen (secondary N) is 1. The summed E-state index contributed by atoms with van der Waals surface area (Å²) >= 11 is 11.9. The van der Waals surface area contributed by atoms with Crippen LogP contribution in [0.15, 0.2) is 25.4 Å². The molecule has 5 heteroatoms. The fourth-order valence-electron chi connectivity index (χ4n) is 0.800. The van der Waals surface area contributed by atoms with Gasteiger partial charge in [0.2, 0.25) is 0 Å². The van der Waals surface area contributed by atoms with Crippen LogP contribution in [-0.2, 0) is 6.54 Å². The van der Waals surface area contributed by atoms with E-state index in [1.54, 1.807) is 11.3 Å². The Balaban J connectivity index is 2.41. The summed E-state index contributed by atoms with van der Waals surface area (Å²) in [6, 6.07) is 2.11. The molecule has 0 bridgehead atoms. The Hall–Kier alpha value is 0.840. The lowest BCUT2D eigenvalue weighted by atomic mass is 10.4. The van der Waals surface area contributed by atoms with E-state index in [0.29, 0.717) is 0 Å². The average Bonchev–Trinajstić information content (AvgIpc) is 2.30. The summed E-state index contributed by atoms with van der Waals surface area (Å²) in [6.45, 7) is 5.42. The summed E-state index contributed by atoms with van der Waals surface area (Å²) in [5.74, 6) is 0. The first kappa shape index (κ1) is 11.9. The Morgan fingerprint density at radius 3 is 2.69 bits per heavy atom. The van der Waals surface area contributed by atoms with Gasteiger partial charge in [0.05, 0.1) is 3.79 Å². The molecular weight excluding hydrogens is 382 g/mol. The predicted octanol–water partition coefficient (Wildman–Crippen LogP) is 4.27. The minimum atomic E-state index is 0.799. The van der Waals surface area contributed by atoms with Gasteiger partial charge < -0.3 is 5.32 Å². The maximum Gasteiger partial charge on any atom is 0.0843 e. The smallest absolute Gasteiger partial charge is 0.0843 e. The second-order valence-electron chi connectivity index (χ2n) is 2.46. The molecule has 0 saturated carbocycles. The molecule has 1 aromatic heterocycles. The first-order valence-electron chi connectivity index (χ1n) is 3.57. The lowest BCUT2D eigenvalue weighted by molar-refractivity contribution is 0.767. The molecule has 13 heavy (non-hydrogen) atoms. The van der Waals surface area contributed by atoms with Crippen molar-refractivity contribution < 1.29 is 0 Å². The van der Waals surface area contributed by atoms with Crippen LogP contribution >= 0.6 is 59.1 Å². The molecule has 0 aliphatic rings. The minimum Gasteiger partial charge on any atom is -0.307 e. The van der Waals surface area contributed by atoms with Crippen LogP contribution in [-0.4, -0.2) is 6.54 Å². The van der Waals surface area contributed by atoms with E-state index in [-0.39, 0.29) is 0 Å². The molecule has 0 spiro atoms. The maximum atomic E-state index is 3.75. The first-order valence-corrected chi connectivity index (χ1v) is 6.77. The Morgan fingerprint density at radius 1 is 1.54 bits per heavy atom. The minimum absolute atomic E-state index is 0.799. The lowest BCUT2D eigenvalue weighted by Gasteiger charge is -1.99. The van der Waals surface area contributed by atoms with Crippen LogP contribution in [0.2, 0.25) is 0 Å².